The van der Waals surface area contributed by atoms with E-state index < -0.39 is 0 Å². The van der Waals surface area contributed by atoms with Crippen molar-refractivity contribution in [2.45, 2.75) is 70.3 Å². The summed E-state index contributed by atoms with van der Waals surface area (Å²) in [6, 6.07) is 11.7. The number of benzene rings is 1. The van der Waals surface area contributed by atoms with Crippen molar-refractivity contribution in [3.8, 4) is 0 Å². The number of hydrogen-bond acceptors (Lipinski definition) is 1. The molecule has 0 radical (unpaired) electrons. The van der Waals surface area contributed by atoms with Gasteiger partial charge in [0.15, 0.2) is 0 Å². The van der Waals surface area contributed by atoms with E-state index >= 15 is 0 Å². The average Bonchev–Trinajstić information content (AvgIpc) is 2.57. The molecule has 2 aliphatic rings. The lowest BCUT2D eigenvalue weighted by atomic mass is 9.71. The lowest BCUT2D eigenvalue weighted by Crippen LogP contribution is -2.43. The molecular weight excluding hydrogens is 254 g/mol. The van der Waals surface area contributed by atoms with Crippen molar-refractivity contribution >= 4 is 0 Å². The summed E-state index contributed by atoms with van der Waals surface area (Å²) in [5.41, 5.74) is 1.47. The summed E-state index contributed by atoms with van der Waals surface area (Å²) in [4.78, 5) is 0. The van der Waals surface area contributed by atoms with Crippen molar-refractivity contribution < 1.29 is 0 Å². The van der Waals surface area contributed by atoms with Crippen LogP contribution in [0.25, 0.3) is 0 Å². The van der Waals surface area contributed by atoms with Crippen LogP contribution < -0.4 is 5.32 Å². The highest BCUT2D eigenvalue weighted by molar-refractivity contribution is 5.14. The number of hydrogen-bond donors (Lipinski definition) is 1. The van der Waals surface area contributed by atoms with Crippen molar-refractivity contribution in [3.63, 3.8) is 0 Å². The van der Waals surface area contributed by atoms with Crippen molar-refractivity contribution in [1.82, 2.24) is 5.32 Å². The Morgan fingerprint density at radius 3 is 2.33 bits per heavy atom. The molecule has 2 aliphatic carbocycles. The second-order valence-electron chi connectivity index (χ2n) is 7.14. The van der Waals surface area contributed by atoms with Crippen LogP contribution in [0.3, 0.4) is 0 Å². The van der Waals surface area contributed by atoms with Gasteiger partial charge in [-0.3, -0.25) is 0 Å². The molecule has 0 aromatic heterocycles. The Morgan fingerprint density at radius 2 is 1.52 bits per heavy atom. The largest absolute Gasteiger partial charge is 0.313 e. The molecular formula is C20H31N. The predicted molar refractivity (Wildman–Crippen MR) is 90.5 cm³/mol. The fourth-order valence-electron chi connectivity index (χ4n) is 4.59. The first-order valence-electron chi connectivity index (χ1n) is 9.21. The van der Waals surface area contributed by atoms with Crippen molar-refractivity contribution in [3.05, 3.63) is 35.9 Å². The summed E-state index contributed by atoms with van der Waals surface area (Å²) < 4.78 is 0. The Labute approximate surface area is 130 Å². The van der Waals surface area contributed by atoms with Crippen LogP contribution in [0.4, 0.5) is 0 Å². The Kier molecular flexibility index (Phi) is 5.74. The van der Waals surface area contributed by atoms with Crippen LogP contribution in [0.1, 0.15) is 63.4 Å². The van der Waals surface area contributed by atoms with Gasteiger partial charge in [-0.2, -0.15) is 0 Å². The van der Waals surface area contributed by atoms with E-state index in [-0.39, 0.29) is 0 Å². The van der Waals surface area contributed by atoms with Gasteiger partial charge in [-0.15, -0.1) is 0 Å². The van der Waals surface area contributed by atoms with E-state index in [2.05, 4.69) is 35.6 Å². The maximum atomic E-state index is 3.92. The van der Waals surface area contributed by atoms with Gasteiger partial charge in [0.2, 0.25) is 0 Å². The molecule has 21 heavy (non-hydrogen) atoms. The minimum atomic E-state index is 0.797. The van der Waals surface area contributed by atoms with Crippen LogP contribution in [-0.4, -0.2) is 12.6 Å². The van der Waals surface area contributed by atoms with E-state index in [0.29, 0.717) is 0 Å². The van der Waals surface area contributed by atoms with Gasteiger partial charge < -0.3 is 5.32 Å². The van der Waals surface area contributed by atoms with E-state index in [1.54, 1.807) is 0 Å². The quantitative estimate of drug-likeness (QED) is 0.806. The highest BCUT2D eigenvalue weighted by atomic mass is 14.9. The summed E-state index contributed by atoms with van der Waals surface area (Å²) in [7, 11) is 0. The first-order chi connectivity index (χ1) is 10.4. The van der Waals surface area contributed by atoms with Gasteiger partial charge in [-0.1, -0.05) is 75.3 Å². The van der Waals surface area contributed by atoms with Crippen LogP contribution in [0.2, 0.25) is 0 Å². The topological polar surface area (TPSA) is 12.0 Å². The Hall–Kier alpha value is -0.820. The molecule has 0 amide bonds. The minimum absolute atomic E-state index is 0.797. The third-order valence-corrected chi connectivity index (χ3v) is 5.74. The summed E-state index contributed by atoms with van der Waals surface area (Å²) in [5, 5.41) is 3.92. The second kappa shape index (κ2) is 7.98. The molecule has 0 spiro atoms. The van der Waals surface area contributed by atoms with Crippen LogP contribution in [-0.2, 0) is 6.42 Å². The molecule has 1 heteroatoms. The van der Waals surface area contributed by atoms with Crippen molar-refractivity contribution in [2.75, 3.05) is 6.54 Å². The highest BCUT2D eigenvalue weighted by Crippen LogP contribution is 2.38. The Balaban J connectivity index is 1.49. The van der Waals surface area contributed by atoms with Gasteiger partial charge >= 0.3 is 0 Å². The van der Waals surface area contributed by atoms with Crippen LogP contribution in [0, 0.1) is 11.8 Å². The van der Waals surface area contributed by atoms with Gasteiger partial charge in [0.05, 0.1) is 0 Å². The zero-order valence-electron chi connectivity index (χ0n) is 13.4. The third-order valence-electron chi connectivity index (χ3n) is 5.74. The van der Waals surface area contributed by atoms with Crippen LogP contribution >= 0.6 is 0 Å². The van der Waals surface area contributed by atoms with Gasteiger partial charge in [-0.25, -0.2) is 0 Å². The molecule has 1 N–H and O–H groups in total. The molecule has 0 aliphatic heterocycles. The SMILES string of the molecule is c1ccc(CCNC2CCCCC2C2CCCCC2)cc1. The average molecular weight is 285 g/mol. The number of rotatable bonds is 5. The lowest BCUT2D eigenvalue weighted by molar-refractivity contribution is 0.150. The number of nitrogens with one attached hydrogen (secondary N) is 1. The Bertz CT molecular complexity index is 394. The normalized spacial score (nSPS) is 27.6. The van der Waals surface area contributed by atoms with E-state index in [1.165, 1.54) is 69.8 Å². The second-order valence-corrected chi connectivity index (χ2v) is 7.14. The zero-order valence-corrected chi connectivity index (χ0v) is 13.4. The van der Waals surface area contributed by atoms with Crippen molar-refractivity contribution in [2.24, 2.45) is 11.8 Å². The zero-order chi connectivity index (χ0) is 14.3. The molecule has 0 saturated heterocycles. The molecule has 2 unspecified atom stereocenters. The molecule has 2 atom stereocenters. The lowest BCUT2D eigenvalue weighted by Gasteiger charge is -2.39. The van der Waals surface area contributed by atoms with Gasteiger partial charge in [0.1, 0.15) is 0 Å². The minimum Gasteiger partial charge on any atom is -0.313 e. The van der Waals surface area contributed by atoms with Gasteiger partial charge in [-0.05, 0) is 43.2 Å². The third kappa shape index (κ3) is 4.32. The first kappa shape index (κ1) is 15.1. The summed E-state index contributed by atoms with van der Waals surface area (Å²) in [5.74, 6) is 1.99. The molecule has 0 heterocycles. The summed E-state index contributed by atoms with van der Waals surface area (Å²) in [6.45, 7) is 1.15. The standard InChI is InChI=1S/C20H31N/c1-3-9-17(10-4-1)15-16-21-20-14-8-7-13-19(20)18-11-5-2-6-12-18/h1,3-4,9-10,18-21H,2,5-8,11-16H2. The van der Waals surface area contributed by atoms with E-state index in [4.69, 9.17) is 0 Å². The first-order valence-corrected chi connectivity index (χ1v) is 9.21. The highest BCUT2D eigenvalue weighted by Gasteiger charge is 2.31. The molecule has 1 aromatic carbocycles. The molecule has 0 bridgehead atoms. The fourth-order valence-corrected chi connectivity index (χ4v) is 4.59. The Morgan fingerprint density at radius 1 is 0.810 bits per heavy atom. The van der Waals surface area contributed by atoms with E-state index in [1.807, 2.05) is 0 Å². The molecule has 1 aromatic rings. The molecule has 2 saturated carbocycles. The van der Waals surface area contributed by atoms with Crippen molar-refractivity contribution in [1.29, 1.82) is 0 Å². The maximum absolute atomic E-state index is 3.92. The summed E-state index contributed by atoms with van der Waals surface area (Å²) in [6.07, 6.45) is 14.4. The molecule has 2 fully saturated rings. The van der Waals surface area contributed by atoms with Gasteiger partial charge in [0.25, 0.3) is 0 Å². The molecule has 116 valence electrons. The summed E-state index contributed by atoms with van der Waals surface area (Å²) >= 11 is 0. The van der Waals surface area contributed by atoms with E-state index in [0.717, 1.165) is 24.4 Å². The maximum Gasteiger partial charge on any atom is 0.00980 e. The van der Waals surface area contributed by atoms with Gasteiger partial charge in [0, 0.05) is 6.04 Å². The fraction of sp³-hybridized carbons (Fsp3) is 0.700. The van der Waals surface area contributed by atoms with E-state index in [9.17, 15) is 0 Å². The van der Waals surface area contributed by atoms with Crippen LogP contribution in [0.5, 0.6) is 0 Å². The smallest absolute Gasteiger partial charge is 0.00980 e. The molecule has 3 rings (SSSR count). The van der Waals surface area contributed by atoms with Crippen LogP contribution in [0.15, 0.2) is 30.3 Å². The molecule has 1 nitrogen and oxygen atoms in total. The monoisotopic (exact) mass is 285 g/mol. The predicted octanol–water partition coefficient (Wildman–Crippen LogP) is 4.96.